The van der Waals surface area contributed by atoms with Gasteiger partial charge in [-0.25, -0.2) is 4.79 Å². The fourth-order valence-electron chi connectivity index (χ4n) is 2.82. The summed E-state index contributed by atoms with van der Waals surface area (Å²) in [4.78, 5) is 34.0. The summed E-state index contributed by atoms with van der Waals surface area (Å²) in [6.07, 6.45) is 0.986. The molecule has 3 atom stereocenters. The predicted octanol–water partition coefficient (Wildman–Crippen LogP) is 0.125. The first-order chi connectivity index (χ1) is 10.8. The summed E-state index contributed by atoms with van der Waals surface area (Å²) < 4.78 is 0. The molecule has 1 aliphatic carbocycles. The van der Waals surface area contributed by atoms with Gasteiger partial charge in [0.05, 0.1) is 0 Å². The quantitative estimate of drug-likeness (QED) is 0.556. The van der Waals surface area contributed by atoms with Crippen molar-refractivity contribution in [3.63, 3.8) is 0 Å². The van der Waals surface area contributed by atoms with E-state index in [2.05, 4.69) is 22.8 Å². The summed E-state index contributed by atoms with van der Waals surface area (Å²) >= 11 is 0. The number of nitrogens with one attached hydrogen (secondary N) is 2. The zero-order chi connectivity index (χ0) is 17.1. The van der Waals surface area contributed by atoms with E-state index in [1.165, 1.54) is 11.1 Å². The van der Waals surface area contributed by atoms with Crippen molar-refractivity contribution in [1.29, 1.82) is 0 Å². The maximum atomic E-state index is 11.9. The van der Waals surface area contributed by atoms with Gasteiger partial charge < -0.3 is 22.1 Å². The Morgan fingerprint density at radius 1 is 1.17 bits per heavy atom. The number of amides is 4. The highest BCUT2D eigenvalue weighted by Gasteiger charge is 2.42. The van der Waals surface area contributed by atoms with E-state index in [1.807, 2.05) is 26.0 Å². The average Bonchev–Trinajstić information content (AvgIpc) is 3.24. The molecular formula is C16H22N4O3. The lowest BCUT2D eigenvalue weighted by Gasteiger charge is -2.17. The Morgan fingerprint density at radius 2 is 1.83 bits per heavy atom. The van der Waals surface area contributed by atoms with Crippen molar-refractivity contribution in [2.24, 2.45) is 17.4 Å². The van der Waals surface area contributed by atoms with Crippen LogP contribution >= 0.6 is 0 Å². The van der Waals surface area contributed by atoms with Crippen LogP contribution in [0.2, 0.25) is 0 Å². The number of benzene rings is 1. The highest BCUT2D eigenvalue weighted by atomic mass is 16.2. The van der Waals surface area contributed by atoms with E-state index in [4.69, 9.17) is 11.5 Å². The summed E-state index contributed by atoms with van der Waals surface area (Å²) in [5.41, 5.74) is 12.5. The molecule has 1 aliphatic rings. The summed E-state index contributed by atoms with van der Waals surface area (Å²) in [5.74, 6) is -1.23. The lowest BCUT2D eigenvalue weighted by atomic mass is 10.0. The number of primary amides is 2. The van der Waals surface area contributed by atoms with Crippen LogP contribution in [0.1, 0.15) is 30.4 Å². The number of carbonyl (C=O) groups is 3. The number of carbonyl (C=O) groups excluding carboxylic acids is 3. The molecule has 0 saturated heterocycles. The molecule has 0 aliphatic heterocycles. The fourth-order valence-corrected chi connectivity index (χ4v) is 2.82. The molecule has 23 heavy (non-hydrogen) atoms. The molecule has 0 aromatic heterocycles. The third kappa shape index (κ3) is 4.21. The van der Waals surface area contributed by atoms with Crippen molar-refractivity contribution in [2.75, 3.05) is 0 Å². The molecule has 0 radical (unpaired) electrons. The van der Waals surface area contributed by atoms with Crippen molar-refractivity contribution in [1.82, 2.24) is 10.6 Å². The molecule has 2 rings (SSSR count). The second-order valence-electron chi connectivity index (χ2n) is 6.06. The van der Waals surface area contributed by atoms with Crippen molar-refractivity contribution in [3.05, 3.63) is 35.4 Å². The van der Waals surface area contributed by atoms with Crippen molar-refractivity contribution in [3.8, 4) is 0 Å². The monoisotopic (exact) mass is 318 g/mol. The minimum absolute atomic E-state index is 0.0954. The maximum absolute atomic E-state index is 11.9. The number of hydrogen-bond donors (Lipinski definition) is 4. The van der Waals surface area contributed by atoms with Gasteiger partial charge in [-0.1, -0.05) is 29.8 Å². The third-order valence-corrected chi connectivity index (χ3v) is 4.16. The summed E-state index contributed by atoms with van der Waals surface area (Å²) in [6, 6.07) is 6.07. The Labute approximate surface area is 134 Å². The van der Waals surface area contributed by atoms with Gasteiger partial charge in [0.1, 0.15) is 0 Å². The van der Waals surface area contributed by atoms with Crippen LogP contribution in [0, 0.1) is 12.8 Å². The SMILES string of the molecule is Cc1cccc([C@@H]2C[C@H]2[C@H](C)NC(=O)NC(C(N)=O)C(N)=O)c1. The predicted molar refractivity (Wildman–Crippen MR) is 85.3 cm³/mol. The third-order valence-electron chi connectivity index (χ3n) is 4.16. The van der Waals surface area contributed by atoms with E-state index in [9.17, 15) is 14.4 Å². The van der Waals surface area contributed by atoms with Gasteiger partial charge in [-0.2, -0.15) is 0 Å². The zero-order valence-corrected chi connectivity index (χ0v) is 13.2. The lowest BCUT2D eigenvalue weighted by Crippen LogP contribution is -2.56. The highest BCUT2D eigenvalue weighted by Crippen LogP contribution is 2.49. The molecule has 124 valence electrons. The molecule has 0 unspecified atom stereocenters. The molecule has 0 heterocycles. The van der Waals surface area contributed by atoms with Gasteiger partial charge in [0.15, 0.2) is 6.04 Å². The molecule has 7 heteroatoms. The van der Waals surface area contributed by atoms with Gasteiger partial charge in [0, 0.05) is 6.04 Å². The summed E-state index contributed by atoms with van der Waals surface area (Å²) in [6.45, 7) is 3.94. The van der Waals surface area contributed by atoms with Gasteiger partial charge in [-0.05, 0) is 37.7 Å². The van der Waals surface area contributed by atoms with Crippen LogP contribution in [-0.2, 0) is 9.59 Å². The van der Waals surface area contributed by atoms with Gasteiger partial charge in [-0.3, -0.25) is 9.59 Å². The molecule has 0 spiro atoms. The molecule has 0 bridgehead atoms. The van der Waals surface area contributed by atoms with Crippen LogP contribution in [0.3, 0.4) is 0 Å². The molecule has 1 aromatic rings. The van der Waals surface area contributed by atoms with Crippen LogP contribution in [0.4, 0.5) is 4.79 Å². The van der Waals surface area contributed by atoms with E-state index >= 15 is 0 Å². The topological polar surface area (TPSA) is 127 Å². The van der Waals surface area contributed by atoms with Crippen LogP contribution in [0.25, 0.3) is 0 Å². The number of aryl methyl sites for hydroxylation is 1. The Balaban J connectivity index is 1.88. The van der Waals surface area contributed by atoms with Crippen molar-refractivity contribution in [2.45, 2.75) is 38.3 Å². The van der Waals surface area contributed by atoms with E-state index in [1.54, 1.807) is 0 Å². The number of urea groups is 1. The van der Waals surface area contributed by atoms with E-state index in [-0.39, 0.29) is 6.04 Å². The van der Waals surface area contributed by atoms with Gasteiger partial charge in [0.25, 0.3) is 0 Å². The minimum Gasteiger partial charge on any atom is -0.367 e. The normalized spacial score (nSPS) is 20.7. The highest BCUT2D eigenvalue weighted by molar-refractivity contribution is 6.05. The maximum Gasteiger partial charge on any atom is 0.316 e. The van der Waals surface area contributed by atoms with E-state index < -0.39 is 23.9 Å². The first-order valence-electron chi connectivity index (χ1n) is 7.51. The minimum atomic E-state index is -1.51. The van der Waals surface area contributed by atoms with E-state index in [0.717, 1.165) is 6.42 Å². The number of rotatable bonds is 6. The Kier molecular flexibility index (Phi) is 4.88. The smallest absolute Gasteiger partial charge is 0.316 e. The van der Waals surface area contributed by atoms with Crippen molar-refractivity contribution >= 4 is 17.8 Å². The molecule has 1 aromatic carbocycles. The first kappa shape index (κ1) is 16.8. The van der Waals surface area contributed by atoms with E-state index in [0.29, 0.717) is 11.8 Å². The molecule has 4 amide bonds. The largest absolute Gasteiger partial charge is 0.367 e. The van der Waals surface area contributed by atoms with Crippen molar-refractivity contribution < 1.29 is 14.4 Å². The molecule has 6 N–H and O–H groups in total. The summed E-state index contributed by atoms with van der Waals surface area (Å²) in [5, 5.41) is 4.92. The first-order valence-corrected chi connectivity index (χ1v) is 7.51. The van der Waals surface area contributed by atoms with Crippen LogP contribution in [-0.4, -0.2) is 29.9 Å². The van der Waals surface area contributed by atoms with Crippen LogP contribution < -0.4 is 22.1 Å². The molecule has 1 saturated carbocycles. The molecular weight excluding hydrogens is 296 g/mol. The Morgan fingerprint density at radius 3 is 2.39 bits per heavy atom. The van der Waals surface area contributed by atoms with Gasteiger partial charge in [0.2, 0.25) is 11.8 Å². The fraction of sp³-hybridized carbons (Fsp3) is 0.438. The Hall–Kier alpha value is -2.57. The number of hydrogen-bond acceptors (Lipinski definition) is 3. The zero-order valence-electron chi connectivity index (χ0n) is 13.2. The standard InChI is InChI=1S/C16H22N4O3/c1-8-4-3-5-10(6-8)12-7-11(12)9(2)19-16(23)20-13(14(17)21)15(18)22/h3-6,9,11-13H,7H2,1-2H3,(H2,17,21)(H2,18,22)(H2,19,20,23)/t9-,11-,12-/m0/s1. The molecule has 1 fully saturated rings. The van der Waals surface area contributed by atoms with Crippen LogP contribution in [0.5, 0.6) is 0 Å². The van der Waals surface area contributed by atoms with Gasteiger partial charge in [-0.15, -0.1) is 0 Å². The second kappa shape index (κ2) is 6.68. The second-order valence-corrected chi connectivity index (χ2v) is 6.06. The van der Waals surface area contributed by atoms with Crippen LogP contribution in [0.15, 0.2) is 24.3 Å². The number of nitrogens with two attached hydrogens (primary N) is 2. The van der Waals surface area contributed by atoms with Gasteiger partial charge >= 0.3 is 6.03 Å². The average molecular weight is 318 g/mol. The molecule has 7 nitrogen and oxygen atoms in total. The Bertz CT molecular complexity index is 618. The lowest BCUT2D eigenvalue weighted by molar-refractivity contribution is -0.128. The summed E-state index contributed by atoms with van der Waals surface area (Å²) in [7, 11) is 0.